The van der Waals surface area contributed by atoms with Crippen LogP contribution in [0, 0.1) is 16.0 Å². The summed E-state index contributed by atoms with van der Waals surface area (Å²) in [5.41, 5.74) is 2.12. The van der Waals surface area contributed by atoms with Crippen LogP contribution in [0.25, 0.3) is 0 Å². The summed E-state index contributed by atoms with van der Waals surface area (Å²) >= 11 is 5.70. The van der Waals surface area contributed by atoms with E-state index in [1.165, 1.54) is 23.1 Å². The number of fused-ring (bicyclic) bond motifs is 1. The summed E-state index contributed by atoms with van der Waals surface area (Å²) in [7, 11) is 0. The van der Waals surface area contributed by atoms with Gasteiger partial charge in [-0.15, -0.1) is 11.6 Å². The topological polar surface area (TPSA) is 92.5 Å². The Morgan fingerprint density at radius 2 is 2.21 bits per heavy atom. The van der Waals surface area contributed by atoms with Gasteiger partial charge in [0.15, 0.2) is 5.78 Å². The molecule has 2 aliphatic rings. The zero-order chi connectivity index (χ0) is 17.4. The lowest BCUT2D eigenvalue weighted by atomic mass is 9.87. The van der Waals surface area contributed by atoms with Crippen LogP contribution in [0.15, 0.2) is 29.5 Å². The van der Waals surface area contributed by atoms with E-state index in [2.05, 4.69) is 5.32 Å². The van der Waals surface area contributed by atoms with Crippen molar-refractivity contribution in [2.24, 2.45) is 5.92 Å². The largest absolute Gasteiger partial charge is 0.357 e. The average molecular weight is 350 g/mol. The highest BCUT2D eigenvalue weighted by Gasteiger charge is 2.32. The molecule has 0 spiro atoms. The van der Waals surface area contributed by atoms with Crippen LogP contribution >= 0.6 is 11.6 Å². The number of carbonyl (C=O) groups is 2. The predicted octanol–water partition coefficient (Wildman–Crippen LogP) is 2.85. The third-order valence-corrected chi connectivity index (χ3v) is 4.51. The summed E-state index contributed by atoms with van der Waals surface area (Å²) in [4.78, 5) is 36.6. The van der Waals surface area contributed by atoms with E-state index in [9.17, 15) is 19.7 Å². The van der Waals surface area contributed by atoms with E-state index in [4.69, 9.17) is 11.6 Å². The van der Waals surface area contributed by atoms with Crippen LogP contribution in [0.4, 0.5) is 17.1 Å². The molecule has 1 amide bonds. The predicted molar refractivity (Wildman–Crippen MR) is 90.2 cm³/mol. The van der Waals surface area contributed by atoms with Crippen molar-refractivity contribution >= 4 is 40.4 Å². The first kappa shape index (κ1) is 16.4. The lowest BCUT2D eigenvalue weighted by molar-refractivity contribution is -0.384. The molecule has 1 unspecified atom stereocenters. The maximum Gasteiger partial charge on any atom is 0.271 e. The number of anilines is 2. The van der Waals surface area contributed by atoms with Gasteiger partial charge in [0.05, 0.1) is 22.8 Å². The second-order valence-corrected chi connectivity index (χ2v) is 6.36. The number of amides is 1. The molecule has 24 heavy (non-hydrogen) atoms. The molecule has 1 aliphatic heterocycles. The monoisotopic (exact) mass is 349 g/mol. The van der Waals surface area contributed by atoms with Gasteiger partial charge in [0, 0.05) is 29.8 Å². The van der Waals surface area contributed by atoms with E-state index in [-0.39, 0.29) is 35.7 Å². The number of Topliss-reactive ketones (excluding diaryl/α,β-unsaturated/α-hetero) is 1. The fraction of sp³-hybridized carbons (Fsp3) is 0.375. The normalized spacial score (nSPS) is 20.0. The maximum atomic E-state index is 12.4. The number of nitrogens with zero attached hydrogens (tertiary/aromatic N) is 2. The number of non-ortho nitro benzene ring substituents is 1. The van der Waals surface area contributed by atoms with Gasteiger partial charge in [0.25, 0.3) is 5.69 Å². The number of carbonyl (C=O) groups excluding carboxylic acids is 2. The van der Waals surface area contributed by atoms with E-state index < -0.39 is 4.92 Å². The number of hydrogen-bond donors (Lipinski definition) is 1. The molecule has 1 N–H and O–H groups in total. The Morgan fingerprint density at radius 1 is 1.46 bits per heavy atom. The second-order valence-electron chi connectivity index (χ2n) is 6.09. The molecule has 0 bridgehead atoms. The number of benzene rings is 1. The van der Waals surface area contributed by atoms with E-state index in [0.717, 1.165) is 5.70 Å². The zero-order valence-electron chi connectivity index (χ0n) is 13.0. The Morgan fingerprint density at radius 3 is 2.88 bits per heavy atom. The summed E-state index contributed by atoms with van der Waals surface area (Å²) < 4.78 is 0. The maximum absolute atomic E-state index is 12.4. The quantitative estimate of drug-likeness (QED) is 0.503. The summed E-state index contributed by atoms with van der Waals surface area (Å²) in [5.74, 6) is -0.412. The van der Waals surface area contributed by atoms with Crippen molar-refractivity contribution in [3.05, 3.63) is 39.6 Å². The molecule has 1 aliphatic carbocycles. The number of alkyl halides is 1. The van der Waals surface area contributed by atoms with Gasteiger partial charge in [-0.2, -0.15) is 0 Å². The highest BCUT2D eigenvalue weighted by Crippen LogP contribution is 2.38. The lowest BCUT2D eigenvalue weighted by Gasteiger charge is -2.25. The molecule has 0 saturated heterocycles. The first-order valence-corrected chi connectivity index (χ1v) is 8.11. The van der Waals surface area contributed by atoms with Crippen molar-refractivity contribution in [3.63, 3.8) is 0 Å². The minimum atomic E-state index is -0.496. The lowest BCUT2D eigenvalue weighted by Crippen LogP contribution is -2.36. The molecule has 1 heterocycles. The first-order chi connectivity index (χ1) is 11.4. The zero-order valence-corrected chi connectivity index (χ0v) is 13.8. The third-order valence-electron chi connectivity index (χ3n) is 4.29. The van der Waals surface area contributed by atoms with Gasteiger partial charge in [0.2, 0.25) is 5.91 Å². The Bertz CT molecular complexity index is 775. The number of halogens is 1. The van der Waals surface area contributed by atoms with Crippen LogP contribution < -0.4 is 10.2 Å². The SMILES string of the molecule is CC1CC(=O)C2=C(C1)Nc1cc([N+](=O)[O-])ccc1N(C(=O)CCl)C2. The molecule has 0 saturated carbocycles. The van der Waals surface area contributed by atoms with Crippen molar-refractivity contribution in [3.8, 4) is 0 Å². The van der Waals surface area contributed by atoms with E-state index in [1.807, 2.05) is 6.92 Å². The molecular formula is C16H16ClN3O4. The average Bonchev–Trinajstić information content (AvgIpc) is 2.69. The molecule has 1 aromatic carbocycles. The van der Waals surface area contributed by atoms with Crippen LogP contribution in [0.2, 0.25) is 0 Å². The number of nitrogens with one attached hydrogen (secondary N) is 1. The summed E-state index contributed by atoms with van der Waals surface area (Å²) in [6.07, 6.45) is 1.09. The molecule has 0 radical (unpaired) electrons. The molecule has 1 aromatic rings. The number of nitro groups is 1. The van der Waals surface area contributed by atoms with Crippen molar-refractivity contribution in [2.45, 2.75) is 19.8 Å². The highest BCUT2D eigenvalue weighted by atomic mass is 35.5. The van der Waals surface area contributed by atoms with Crippen molar-refractivity contribution < 1.29 is 14.5 Å². The van der Waals surface area contributed by atoms with Crippen LogP contribution in [0.5, 0.6) is 0 Å². The number of rotatable bonds is 2. The molecule has 8 heteroatoms. The Hall–Kier alpha value is -2.41. The molecule has 0 fully saturated rings. The van der Waals surface area contributed by atoms with Crippen molar-refractivity contribution in [2.75, 3.05) is 22.6 Å². The van der Waals surface area contributed by atoms with Crippen LogP contribution in [-0.2, 0) is 9.59 Å². The van der Waals surface area contributed by atoms with E-state index >= 15 is 0 Å². The van der Waals surface area contributed by atoms with E-state index in [1.54, 1.807) is 0 Å². The van der Waals surface area contributed by atoms with Crippen molar-refractivity contribution in [1.82, 2.24) is 0 Å². The van der Waals surface area contributed by atoms with Crippen LogP contribution in [0.1, 0.15) is 19.8 Å². The van der Waals surface area contributed by atoms with E-state index in [0.29, 0.717) is 29.8 Å². The summed E-state index contributed by atoms with van der Waals surface area (Å²) in [6, 6.07) is 4.23. The fourth-order valence-electron chi connectivity index (χ4n) is 3.14. The van der Waals surface area contributed by atoms with Gasteiger partial charge in [-0.1, -0.05) is 6.92 Å². The van der Waals surface area contributed by atoms with Gasteiger partial charge < -0.3 is 10.2 Å². The van der Waals surface area contributed by atoms with Gasteiger partial charge in [0.1, 0.15) is 5.88 Å². The molecule has 3 rings (SSSR count). The molecule has 1 atom stereocenters. The fourth-order valence-corrected chi connectivity index (χ4v) is 3.28. The molecule has 7 nitrogen and oxygen atoms in total. The first-order valence-electron chi connectivity index (χ1n) is 7.57. The Kier molecular flexibility index (Phi) is 4.28. The third kappa shape index (κ3) is 2.87. The van der Waals surface area contributed by atoms with Gasteiger partial charge in [-0.05, 0) is 18.4 Å². The van der Waals surface area contributed by atoms with Crippen LogP contribution in [0.3, 0.4) is 0 Å². The Balaban J connectivity index is 2.13. The number of hydrogen-bond acceptors (Lipinski definition) is 5. The number of ketones is 1. The van der Waals surface area contributed by atoms with Crippen LogP contribution in [-0.4, -0.2) is 29.0 Å². The minimum absolute atomic E-state index is 0.00840. The second kappa shape index (κ2) is 6.24. The standard InChI is InChI=1S/C16H16ClN3O4/c1-9-4-12-11(15(21)5-9)8-19(16(22)7-17)14-3-2-10(20(23)24)6-13(14)18-12/h2-3,6,9,18H,4-5,7-8H2,1H3. The molecule has 126 valence electrons. The van der Waals surface area contributed by atoms with Crippen molar-refractivity contribution in [1.29, 1.82) is 0 Å². The van der Waals surface area contributed by atoms with Gasteiger partial charge in [-0.25, -0.2) is 0 Å². The smallest absolute Gasteiger partial charge is 0.271 e. The number of allylic oxidation sites excluding steroid dienone is 1. The van der Waals surface area contributed by atoms with Gasteiger partial charge >= 0.3 is 0 Å². The highest BCUT2D eigenvalue weighted by molar-refractivity contribution is 6.29. The molecular weight excluding hydrogens is 334 g/mol. The summed E-state index contributed by atoms with van der Waals surface area (Å²) in [6.45, 7) is 2.11. The van der Waals surface area contributed by atoms with Gasteiger partial charge in [-0.3, -0.25) is 19.7 Å². The minimum Gasteiger partial charge on any atom is -0.357 e. The Labute approximate surface area is 143 Å². The summed E-state index contributed by atoms with van der Waals surface area (Å²) in [5, 5.41) is 14.2. The number of nitro benzene ring substituents is 1. The molecule has 0 aromatic heterocycles.